The number of ether oxygens (including phenoxy) is 1. The summed E-state index contributed by atoms with van der Waals surface area (Å²) in [6.07, 6.45) is 10.7. The molecule has 1 aliphatic carbocycles. The molecule has 1 amide bonds. The summed E-state index contributed by atoms with van der Waals surface area (Å²) >= 11 is 0. The second-order valence-corrected chi connectivity index (χ2v) is 8.47. The SMILES string of the molecule is COCc1ncc(CN2CCCC3(CCC(=O)N(CC4CC4)C3)C2)cn1. The van der Waals surface area contributed by atoms with Crippen LogP contribution in [-0.4, -0.2) is 59.0 Å². The van der Waals surface area contributed by atoms with Crippen molar-refractivity contribution in [3.05, 3.63) is 23.8 Å². The molecule has 1 saturated carbocycles. The third kappa shape index (κ3) is 4.23. The quantitative estimate of drug-likeness (QED) is 0.780. The lowest BCUT2D eigenvalue weighted by Gasteiger charge is -2.48. The largest absolute Gasteiger partial charge is 0.377 e. The van der Waals surface area contributed by atoms with Gasteiger partial charge < -0.3 is 9.64 Å². The minimum absolute atomic E-state index is 0.290. The Bertz CT molecular complexity index is 631. The van der Waals surface area contributed by atoms with Gasteiger partial charge in [0.1, 0.15) is 6.61 Å². The van der Waals surface area contributed by atoms with Crippen LogP contribution in [-0.2, 0) is 22.7 Å². The van der Waals surface area contributed by atoms with Crippen LogP contribution >= 0.6 is 0 Å². The molecule has 0 radical (unpaired) electrons. The van der Waals surface area contributed by atoms with Crippen molar-refractivity contribution in [2.75, 3.05) is 33.3 Å². The van der Waals surface area contributed by atoms with Gasteiger partial charge in [0, 0.05) is 63.1 Å². The van der Waals surface area contributed by atoms with E-state index in [2.05, 4.69) is 19.8 Å². The molecule has 4 rings (SSSR count). The molecule has 2 saturated heterocycles. The van der Waals surface area contributed by atoms with Gasteiger partial charge >= 0.3 is 0 Å². The molecule has 1 atom stereocenters. The highest BCUT2D eigenvalue weighted by molar-refractivity contribution is 5.77. The van der Waals surface area contributed by atoms with Crippen LogP contribution in [0.5, 0.6) is 0 Å². The highest BCUT2D eigenvalue weighted by atomic mass is 16.5. The van der Waals surface area contributed by atoms with E-state index in [0.29, 0.717) is 12.5 Å². The number of hydrogen-bond acceptors (Lipinski definition) is 5. The van der Waals surface area contributed by atoms with E-state index in [-0.39, 0.29) is 5.41 Å². The average Bonchev–Trinajstić information content (AvgIpc) is 3.45. The summed E-state index contributed by atoms with van der Waals surface area (Å²) in [5.41, 5.74) is 1.45. The van der Waals surface area contributed by atoms with Crippen LogP contribution < -0.4 is 0 Å². The zero-order valence-corrected chi connectivity index (χ0v) is 15.8. The van der Waals surface area contributed by atoms with Crippen molar-refractivity contribution in [3.8, 4) is 0 Å². The predicted molar refractivity (Wildman–Crippen MR) is 98.2 cm³/mol. The monoisotopic (exact) mass is 358 g/mol. The van der Waals surface area contributed by atoms with E-state index in [1.54, 1.807) is 7.11 Å². The Balaban J connectivity index is 1.37. The first-order valence-corrected chi connectivity index (χ1v) is 9.95. The maximum atomic E-state index is 12.3. The fourth-order valence-electron chi connectivity index (χ4n) is 4.58. The van der Waals surface area contributed by atoms with E-state index in [4.69, 9.17) is 4.74 Å². The predicted octanol–water partition coefficient (Wildman–Crippen LogP) is 2.24. The van der Waals surface area contributed by atoms with Gasteiger partial charge in [0.2, 0.25) is 5.91 Å². The second-order valence-electron chi connectivity index (χ2n) is 8.47. The fraction of sp³-hybridized carbons (Fsp3) is 0.750. The zero-order valence-electron chi connectivity index (χ0n) is 15.8. The summed E-state index contributed by atoms with van der Waals surface area (Å²) in [5, 5.41) is 0. The Morgan fingerprint density at radius 2 is 2.04 bits per heavy atom. The molecule has 3 heterocycles. The molecular formula is C20H30N4O2. The Morgan fingerprint density at radius 3 is 2.77 bits per heavy atom. The first-order valence-electron chi connectivity index (χ1n) is 9.95. The molecule has 6 heteroatoms. The molecular weight excluding hydrogens is 328 g/mol. The molecule has 1 aromatic rings. The van der Waals surface area contributed by atoms with Gasteiger partial charge in [-0.05, 0) is 44.6 Å². The van der Waals surface area contributed by atoms with Crippen molar-refractivity contribution in [1.82, 2.24) is 19.8 Å². The van der Waals surface area contributed by atoms with Gasteiger partial charge in [-0.25, -0.2) is 9.97 Å². The molecule has 1 unspecified atom stereocenters. The van der Waals surface area contributed by atoms with Gasteiger partial charge in [-0.3, -0.25) is 9.69 Å². The minimum Gasteiger partial charge on any atom is -0.377 e. The third-order valence-corrected chi connectivity index (χ3v) is 6.10. The molecule has 3 fully saturated rings. The fourth-order valence-corrected chi connectivity index (χ4v) is 4.58. The van der Waals surface area contributed by atoms with E-state index < -0.39 is 0 Å². The van der Waals surface area contributed by atoms with Gasteiger partial charge in [0.05, 0.1) is 0 Å². The summed E-state index contributed by atoms with van der Waals surface area (Å²) in [7, 11) is 1.66. The summed E-state index contributed by atoms with van der Waals surface area (Å²) < 4.78 is 5.08. The van der Waals surface area contributed by atoms with Crippen molar-refractivity contribution < 1.29 is 9.53 Å². The molecule has 6 nitrogen and oxygen atoms in total. The lowest BCUT2D eigenvalue weighted by molar-refractivity contribution is -0.139. The summed E-state index contributed by atoms with van der Waals surface area (Å²) in [6, 6.07) is 0. The number of amides is 1. The average molecular weight is 358 g/mol. The summed E-state index contributed by atoms with van der Waals surface area (Å²) in [5.74, 6) is 1.88. The van der Waals surface area contributed by atoms with E-state index in [1.165, 1.54) is 25.7 Å². The van der Waals surface area contributed by atoms with E-state index in [0.717, 1.165) is 62.9 Å². The van der Waals surface area contributed by atoms with Gasteiger partial charge in [-0.1, -0.05) is 0 Å². The Labute approximate surface area is 155 Å². The van der Waals surface area contributed by atoms with E-state index >= 15 is 0 Å². The number of likely N-dealkylation sites (tertiary alicyclic amines) is 2. The lowest BCUT2D eigenvalue weighted by Crippen LogP contribution is -2.54. The Kier molecular flexibility index (Phi) is 5.23. The Hall–Kier alpha value is -1.53. The van der Waals surface area contributed by atoms with Crippen LogP contribution in [0.25, 0.3) is 0 Å². The van der Waals surface area contributed by atoms with Crippen LogP contribution in [0.3, 0.4) is 0 Å². The highest BCUT2D eigenvalue weighted by Gasteiger charge is 2.42. The number of carbonyl (C=O) groups is 1. The van der Waals surface area contributed by atoms with Gasteiger partial charge in [0.15, 0.2) is 5.82 Å². The molecule has 1 spiro atoms. The lowest BCUT2D eigenvalue weighted by atomic mass is 9.73. The van der Waals surface area contributed by atoms with Crippen molar-refractivity contribution in [3.63, 3.8) is 0 Å². The first-order chi connectivity index (χ1) is 12.7. The maximum absolute atomic E-state index is 12.3. The molecule has 3 aliphatic rings. The van der Waals surface area contributed by atoms with Gasteiger partial charge in [0.25, 0.3) is 0 Å². The number of methoxy groups -OCH3 is 1. The molecule has 1 aromatic heterocycles. The number of carbonyl (C=O) groups excluding carboxylic acids is 1. The van der Waals surface area contributed by atoms with Gasteiger partial charge in [-0.2, -0.15) is 0 Å². The van der Waals surface area contributed by atoms with Crippen molar-refractivity contribution in [2.24, 2.45) is 11.3 Å². The molecule has 0 aromatic carbocycles. The smallest absolute Gasteiger partial charge is 0.222 e. The molecule has 0 N–H and O–H groups in total. The van der Waals surface area contributed by atoms with Crippen molar-refractivity contribution in [2.45, 2.75) is 51.7 Å². The second kappa shape index (κ2) is 7.61. The normalized spacial score (nSPS) is 27.3. The number of piperidine rings is 2. The number of rotatable bonds is 6. The topological polar surface area (TPSA) is 58.6 Å². The van der Waals surface area contributed by atoms with E-state index in [9.17, 15) is 4.79 Å². The van der Waals surface area contributed by atoms with Crippen molar-refractivity contribution >= 4 is 5.91 Å². The zero-order chi connectivity index (χ0) is 18.0. The van der Waals surface area contributed by atoms with Gasteiger partial charge in [-0.15, -0.1) is 0 Å². The molecule has 0 bridgehead atoms. The standard InChI is InChI=1S/C20H30N4O2/c1-26-13-18-21-9-17(10-22-18)11-23-8-2-6-20(14-23)7-5-19(25)24(15-20)12-16-3-4-16/h9-10,16H,2-8,11-15H2,1H3. The van der Waals surface area contributed by atoms with Crippen LogP contribution in [0.15, 0.2) is 12.4 Å². The minimum atomic E-state index is 0.290. The van der Waals surface area contributed by atoms with Crippen LogP contribution in [0.2, 0.25) is 0 Å². The first kappa shape index (κ1) is 17.9. The summed E-state index contributed by atoms with van der Waals surface area (Å²) in [4.78, 5) is 25.8. The number of aromatic nitrogens is 2. The van der Waals surface area contributed by atoms with Crippen LogP contribution in [0, 0.1) is 11.3 Å². The molecule has 2 aliphatic heterocycles. The van der Waals surface area contributed by atoms with E-state index in [1.807, 2.05) is 12.4 Å². The maximum Gasteiger partial charge on any atom is 0.222 e. The Morgan fingerprint density at radius 1 is 1.23 bits per heavy atom. The summed E-state index contributed by atoms with van der Waals surface area (Å²) in [6.45, 7) is 5.51. The number of hydrogen-bond donors (Lipinski definition) is 0. The molecule has 26 heavy (non-hydrogen) atoms. The third-order valence-electron chi connectivity index (χ3n) is 6.10. The number of nitrogens with zero attached hydrogens (tertiary/aromatic N) is 4. The van der Waals surface area contributed by atoms with Crippen molar-refractivity contribution in [1.29, 1.82) is 0 Å². The van der Waals surface area contributed by atoms with Crippen LogP contribution in [0.1, 0.15) is 49.9 Å². The highest BCUT2D eigenvalue weighted by Crippen LogP contribution is 2.40. The van der Waals surface area contributed by atoms with Crippen LogP contribution in [0.4, 0.5) is 0 Å². The molecule has 142 valence electrons.